The number of rotatable bonds is 6. The Labute approximate surface area is 136 Å². The predicted octanol–water partition coefficient (Wildman–Crippen LogP) is 2.87. The molecule has 0 saturated carbocycles. The van der Waals surface area contributed by atoms with Crippen LogP contribution in [-0.2, 0) is 11.3 Å². The maximum absolute atomic E-state index is 11.5. The highest BCUT2D eigenvalue weighted by molar-refractivity contribution is 5.67. The van der Waals surface area contributed by atoms with Crippen LogP contribution in [0.25, 0.3) is 0 Å². The van der Waals surface area contributed by atoms with Gasteiger partial charge >= 0.3 is 6.09 Å². The van der Waals surface area contributed by atoms with Crippen LogP contribution in [-0.4, -0.2) is 34.6 Å². The third-order valence-electron chi connectivity index (χ3n) is 2.98. The monoisotopic (exact) mass is 316 g/mol. The van der Waals surface area contributed by atoms with Crippen LogP contribution in [0.4, 0.5) is 10.5 Å². The van der Waals surface area contributed by atoms with E-state index in [9.17, 15) is 4.79 Å². The molecule has 6 heteroatoms. The number of alkyl carbamates (subject to hydrolysis) is 1. The molecule has 6 nitrogen and oxygen atoms in total. The summed E-state index contributed by atoms with van der Waals surface area (Å²) in [6.45, 7) is 7.43. The average Bonchev–Trinajstić information content (AvgIpc) is 2.96. The van der Waals surface area contributed by atoms with Gasteiger partial charge in [-0.25, -0.2) is 4.79 Å². The molecule has 23 heavy (non-hydrogen) atoms. The van der Waals surface area contributed by atoms with E-state index in [0.29, 0.717) is 13.1 Å². The molecule has 2 aromatic rings. The second-order valence-electron chi connectivity index (χ2n) is 6.26. The van der Waals surface area contributed by atoms with Gasteiger partial charge in [-0.3, -0.25) is 4.68 Å². The minimum atomic E-state index is -0.470. The van der Waals surface area contributed by atoms with E-state index in [1.54, 1.807) is 6.20 Å². The van der Waals surface area contributed by atoms with Crippen LogP contribution in [0.1, 0.15) is 26.3 Å². The summed E-state index contributed by atoms with van der Waals surface area (Å²) in [5, 5.41) is 10.2. The first kappa shape index (κ1) is 16.9. The molecule has 0 aliphatic heterocycles. The number of amides is 1. The normalized spacial score (nSPS) is 11.1. The molecule has 0 aliphatic carbocycles. The fourth-order valence-electron chi connectivity index (χ4n) is 1.99. The van der Waals surface area contributed by atoms with Gasteiger partial charge in [0.25, 0.3) is 0 Å². The van der Waals surface area contributed by atoms with E-state index in [2.05, 4.69) is 27.9 Å². The lowest BCUT2D eigenvalue weighted by Crippen LogP contribution is -2.34. The van der Waals surface area contributed by atoms with Gasteiger partial charge in [0.05, 0.1) is 6.54 Å². The number of benzene rings is 1. The molecule has 0 unspecified atom stereocenters. The molecule has 0 saturated heterocycles. The topological polar surface area (TPSA) is 68.2 Å². The summed E-state index contributed by atoms with van der Waals surface area (Å²) in [6.07, 6.45) is 3.32. The lowest BCUT2D eigenvalue weighted by Gasteiger charge is -2.19. The van der Waals surface area contributed by atoms with E-state index >= 15 is 0 Å². The summed E-state index contributed by atoms with van der Waals surface area (Å²) in [5.74, 6) is 0. The Morgan fingerprint density at radius 1 is 1.22 bits per heavy atom. The molecule has 0 fully saturated rings. The minimum absolute atomic E-state index is 0.395. The van der Waals surface area contributed by atoms with Gasteiger partial charge in [-0.2, -0.15) is 5.10 Å². The van der Waals surface area contributed by atoms with Crippen molar-refractivity contribution in [2.75, 3.05) is 18.4 Å². The third-order valence-corrected chi connectivity index (χ3v) is 2.98. The number of hydrogen-bond acceptors (Lipinski definition) is 4. The first-order valence-corrected chi connectivity index (χ1v) is 7.69. The maximum atomic E-state index is 11.5. The summed E-state index contributed by atoms with van der Waals surface area (Å²) in [4.78, 5) is 11.5. The second-order valence-corrected chi connectivity index (χ2v) is 6.26. The first-order chi connectivity index (χ1) is 10.9. The van der Waals surface area contributed by atoms with E-state index in [1.165, 1.54) is 5.56 Å². The van der Waals surface area contributed by atoms with Crippen LogP contribution < -0.4 is 10.6 Å². The van der Waals surface area contributed by atoms with E-state index < -0.39 is 11.7 Å². The predicted molar refractivity (Wildman–Crippen MR) is 90.5 cm³/mol. The number of aromatic nitrogens is 2. The number of ether oxygens (including phenoxy) is 1. The van der Waals surface area contributed by atoms with Gasteiger partial charge in [0, 0.05) is 31.2 Å². The quantitative estimate of drug-likeness (QED) is 0.804. The number of nitrogens with zero attached hydrogens (tertiary/aromatic N) is 2. The average molecular weight is 316 g/mol. The highest BCUT2D eigenvalue weighted by Crippen LogP contribution is 2.10. The minimum Gasteiger partial charge on any atom is -0.444 e. The SMILES string of the molecule is CC(C)(C)OC(=O)NCCNc1ccc(Cn2cccn2)cc1. The van der Waals surface area contributed by atoms with Gasteiger partial charge in [0.1, 0.15) is 5.60 Å². The van der Waals surface area contributed by atoms with Crippen molar-refractivity contribution in [2.45, 2.75) is 32.9 Å². The van der Waals surface area contributed by atoms with Crippen molar-refractivity contribution in [3.63, 3.8) is 0 Å². The summed E-state index contributed by atoms with van der Waals surface area (Å²) in [7, 11) is 0. The number of carbonyl (C=O) groups excluding carboxylic acids is 1. The van der Waals surface area contributed by atoms with Crippen molar-refractivity contribution in [3.05, 3.63) is 48.3 Å². The summed E-state index contributed by atoms with van der Waals surface area (Å²) in [5.41, 5.74) is 1.73. The van der Waals surface area contributed by atoms with Crippen LogP contribution in [0.5, 0.6) is 0 Å². The van der Waals surface area contributed by atoms with Crippen molar-refractivity contribution in [3.8, 4) is 0 Å². The Balaban J connectivity index is 1.69. The molecule has 0 aliphatic rings. The van der Waals surface area contributed by atoms with E-state index in [-0.39, 0.29) is 0 Å². The van der Waals surface area contributed by atoms with Crippen molar-refractivity contribution >= 4 is 11.8 Å². The molecule has 2 N–H and O–H groups in total. The molecule has 0 atom stereocenters. The number of hydrogen-bond donors (Lipinski definition) is 2. The highest BCUT2D eigenvalue weighted by Gasteiger charge is 2.15. The van der Waals surface area contributed by atoms with Gasteiger partial charge in [-0.15, -0.1) is 0 Å². The fourth-order valence-corrected chi connectivity index (χ4v) is 1.99. The lowest BCUT2D eigenvalue weighted by atomic mass is 10.2. The first-order valence-electron chi connectivity index (χ1n) is 7.69. The molecular formula is C17H24N4O2. The Kier molecular flexibility index (Phi) is 5.62. The Morgan fingerprint density at radius 2 is 1.96 bits per heavy atom. The number of anilines is 1. The Bertz CT molecular complexity index is 601. The lowest BCUT2D eigenvalue weighted by molar-refractivity contribution is 0.0530. The largest absolute Gasteiger partial charge is 0.444 e. The molecule has 0 spiro atoms. The van der Waals surface area contributed by atoms with Crippen molar-refractivity contribution < 1.29 is 9.53 Å². The van der Waals surface area contributed by atoms with Gasteiger partial charge in [0.2, 0.25) is 0 Å². The molecule has 0 radical (unpaired) electrons. The van der Waals surface area contributed by atoms with Gasteiger partial charge in [-0.05, 0) is 44.5 Å². The molecule has 124 valence electrons. The molecular weight excluding hydrogens is 292 g/mol. The van der Waals surface area contributed by atoms with Crippen molar-refractivity contribution in [1.29, 1.82) is 0 Å². The zero-order valence-electron chi connectivity index (χ0n) is 13.9. The summed E-state index contributed by atoms with van der Waals surface area (Å²) >= 11 is 0. The zero-order chi connectivity index (χ0) is 16.7. The van der Waals surface area contributed by atoms with Gasteiger partial charge < -0.3 is 15.4 Å². The molecule has 1 aromatic heterocycles. The number of nitrogens with one attached hydrogen (secondary N) is 2. The van der Waals surface area contributed by atoms with Crippen LogP contribution in [0.15, 0.2) is 42.7 Å². The van der Waals surface area contributed by atoms with Crippen LogP contribution in [0.2, 0.25) is 0 Å². The van der Waals surface area contributed by atoms with Crippen LogP contribution in [0, 0.1) is 0 Å². The summed E-state index contributed by atoms with van der Waals surface area (Å²) < 4.78 is 7.05. The smallest absolute Gasteiger partial charge is 0.407 e. The Morgan fingerprint density at radius 3 is 2.57 bits per heavy atom. The number of carbonyl (C=O) groups is 1. The third kappa shape index (κ3) is 6.42. The standard InChI is InChI=1S/C17H24N4O2/c1-17(2,3)23-16(22)19-11-10-18-15-7-5-14(6-8-15)13-21-12-4-9-20-21/h4-9,12,18H,10-11,13H2,1-3H3,(H,19,22). The second kappa shape index (κ2) is 7.67. The maximum Gasteiger partial charge on any atom is 0.407 e. The van der Waals surface area contributed by atoms with Crippen molar-refractivity contribution in [1.82, 2.24) is 15.1 Å². The molecule has 0 bridgehead atoms. The summed E-state index contributed by atoms with van der Waals surface area (Å²) in [6, 6.07) is 10.1. The molecule has 1 amide bonds. The van der Waals surface area contributed by atoms with Gasteiger partial charge in [-0.1, -0.05) is 12.1 Å². The molecule has 1 heterocycles. The highest BCUT2D eigenvalue weighted by atomic mass is 16.6. The van der Waals surface area contributed by atoms with Crippen LogP contribution >= 0.6 is 0 Å². The van der Waals surface area contributed by atoms with Crippen molar-refractivity contribution in [2.24, 2.45) is 0 Å². The molecule has 2 rings (SSSR count). The fraction of sp³-hybridized carbons (Fsp3) is 0.412. The zero-order valence-corrected chi connectivity index (χ0v) is 13.9. The molecule has 1 aromatic carbocycles. The van der Waals surface area contributed by atoms with E-state index in [0.717, 1.165) is 12.2 Å². The van der Waals surface area contributed by atoms with Gasteiger partial charge in [0.15, 0.2) is 0 Å². The Hall–Kier alpha value is -2.50. The van der Waals surface area contributed by atoms with E-state index in [1.807, 2.05) is 49.8 Å². The van der Waals surface area contributed by atoms with Crippen LogP contribution in [0.3, 0.4) is 0 Å². The van der Waals surface area contributed by atoms with E-state index in [4.69, 9.17) is 4.74 Å².